The number of thiophene rings is 3. The Morgan fingerprint density at radius 3 is 1.60 bits per heavy atom. The number of hydrogen-bond donors (Lipinski definition) is 6. The van der Waals surface area contributed by atoms with E-state index in [2.05, 4.69) is 76.3 Å². The van der Waals surface area contributed by atoms with Crippen molar-refractivity contribution in [3.05, 3.63) is 153 Å². The Kier molecular flexibility index (Phi) is 18.1. The first-order valence-corrected chi connectivity index (χ1v) is 25.3. The summed E-state index contributed by atoms with van der Waals surface area (Å²) >= 11 is 6.86. The molecule has 8 N–H and O–H groups in total. The van der Waals surface area contributed by atoms with Crippen LogP contribution in [0, 0.1) is 25.5 Å². The van der Waals surface area contributed by atoms with Crippen LogP contribution in [0.5, 0.6) is 11.5 Å². The van der Waals surface area contributed by atoms with Gasteiger partial charge in [-0.3, -0.25) is 23.0 Å². The fraction of sp³-hybridized carbons (Fsp3) is 0.106. The number of nitriles is 2. The van der Waals surface area contributed by atoms with Gasteiger partial charge >= 0.3 is 10.4 Å². The van der Waals surface area contributed by atoms with Gasteiger partial charge in [-0.2, -0.15) is 18.9 Å². The smallest absolute Gasteiger partial charge is 0.394 e. The number of fused-ring (bicyclic) bond motifs is 3. The molecule has 0 atom stereocenters. The van der Waals surface area contributed by atoms with Gasteiger partial charge in [-0.15, -0.1) is 34.0 Å². The van der Waals surface area contributed by atoms with E-state index < -0.39 is 16.3 Å². The number of rotatable bonds is 11. The van der Waals surface area contributed by atoms with Gasteiger partial charge in [0.1, 0.15) is 51.1 Å². The van der Waals surface area contributed by atoms with Crippen molar-refractivity contribution in [2.24, 2.45) is 5.73 Å². The van der Waals surface area contributed by atoms with Crippen molar-refractivity contribution < 1.29 is 31.8 Å². The molecule has 1 amide bonds. The average molecular weight is 1160 g/mol. The Labute approximate surface area is 437 Å². The highest BCUT2D eigenvalue weighted by atomic mass is 127. The third-order valence-corrected chi connectivity index (χ3v) is 14.2. The van der Waals surface area contributed by atoms with Crippen molar-refractivity contribution in [3.8, 4) is 33.6 Å². The van der Waals surface area contributed by atoms with Crippen LogP contribution in [0.4, 0.5) is 17.5 Å². The molecule has 2 aromatic carbocycles. The Balaban J connectivity index is 0.000000169. The van der Waals surface area contributed by atoms with Crippen LogP contribution in [0.1, 0.15) is 40.0 Å². The second kappa shape index (κ2) is 24.4. The number of hydrogen-bond acceptors (Lipinski definition) is 18. The van der Waals surface area contributed by atoms with Crippen molar-refractivity contribution in [1.29, 1.82) is 10.5 Å². The Morgan fingerprint density at radius 2 is 1.17 bits per heavy atom. The highest BCUT2D eigenvalue weighted by Gasteiger charge is 2.16. The standard InChI is InChI=1S/C19H15N5OS.C16H12IN3OS.C11H9N5OS.CH4.H2O4S/c1-25-15-4-2-13(3-5-15)10-22-19-16-8-17(24-7-6-21-12-24)26-18(16)14(9-20)11-23-19;1-21-12-4-2-10(3-5-12)8-19-16-13-6-14(17)22-15(13)11(7-18)9-20-16;12-10-6-3-8(16-2-1-14-5-16)18-9(6)7(4-15-10)11(13)17;;1-5(2,3)4/h2-8,11-12H,10H2,1H3,(H,22,23);2-6,9H,8H2,1H3,(H,19,20);1-5H,(H2,12,15)(H2,13,17);1H4;(H2,1,2,3,4). The summed E-state index contributed by atoms with van der Waals surface area (Å²) < 4.78 is 49.5. The Morgan fingerprint density at radius 1 is 0.722 bits per heavy atom. The van der Waals surface area contributed by atoms with E-state index in [1.807, 2.05) is 82.2 Å². The molecule has 0 saturated heterocycles. The Bertz CT molecular complexity index is 3640. The summed E-state index contributed by atoms with van der Waals surface area (Å²) in [4.78, 5) is 32.2. The van der Waals surface area contributed by atoms with E-state index in [9.17, 15) is 15.3 Å². The summed E-state index contributed by atoms with van der Waals surface area (Å²) in [5.74, 6) is 3.12. The number of nitrogen functional groups attached to an aromatic ring is 1. The van der Waals surface area contributed by atoms with E-state index >= 15 is 0 Å². The molecule has 0 fully saturated rings. The molecule has 0 aliphatic heterocycles. The molecule has 10 rings (SSSR count). The largest absolute Gasteiger partial charge is 0.497 e. The number of nitrogens with one attached hydrogen (secondary N) is 2. The molecule has 0 aliphatic rings. The van der Waals surface area contributed by atoms with Gasteiger partial charge in [0.25, 0.3) is 5.91 Å². The molecule has 0 radical (unpaired) electrons. The van der Waals surface area contributed by atoms with E-state index in [0.29, 0.717) is 35.6 Å². The van der Waals surface area contributed by atoms with Crippen molar-refractivity contribution in [2.45, 2.75) is 20.5 Å². The molecular weight excluding hydrogens is 1110 g/mol. The van der Waals surface area contributed by atoms with E-state index in [1.54, 1.807) is 74.3 Å². The van der Waals surface area contributed by atoms with E-state index in [4.69, 9.17) is 38.5 Å². The average Bonchev–Trinajstić information content (AvgIpc) is 4.23. The van der Waals surface area contributed by atoms with E-state index in [1.165, 1.54) is 17.5 Å². The third kappa shape index (κ3) is 13.6. The number of methoxy groups -OCH3 is 2. The molecular formula is C47H42IN13O7S4. The number of pyridine rings is 3. The number of nitrogens with zero attached hydrogens (tertiary/aromatic N) is 9. The number of imidazole rings is 2. The van der Waals surface area contributed by atoms with Gasteiger partial charge in [-0.1, -0.05) is 31.7 Å². The summed E-state index contributed by atoms with van der Waals surface area (Å²) in [6.45, 7) is 1.30. The summed E-state index contributed by atoms with van der Waals surface area (Å²) in [5.41, 5.74) is 15.0. The number of primary amides is 1. The first kappa shape index (κ1) is 53.6. The molecule has 10 aromatic rings. The zero-order valence-corrected chi connectivity index (χ0v) is 42.5. The molecule has 72 heavy (non-hydrogen) atoms. The molecule has 0 saturated carbocycles. The number of ether oxygens (including phenoxy) is 2. The second-order valence-corrected chi connectivity index (χ2v) is 20.3. The van der Waals surface area contributed by atoms with Gasteiger partial charge in [0.05, 0.1) is 60.5 Å². The van der Waals surface area contributed by atoms with Crippen molar-refractivity contribution in [3.63, 3.8) is 0 Å². The van der Waals surface area contributed by atoms with Crippen LogP contribution in [0.25, 0.3) is 40.3 Å². The molecule has 0 bridgehead atoms. The number of carbonyl (C=O) groups is 1. The number of benzene rings is 2. The molecule has 8 heterocycles. The minimum absolute atomic E-state index is 0. The predicted molar refractivity (Wildman–Crippen MR) is 290 cm³/mol. The quantitative estimate of drug-likeness (QED) is 0.0518. The fourth-order valence-electron chi connectivity index (χ4n) is 6.54. The summed E-state index contributed by atoms with van der Waals surface area (Å²) in [5, 5.41) is 29.9. The van der Waals surface area contributed by atoms with Gasteiger partial charge in [-0.05, 0) is 76.2 Å². The highest BCUT2D eigenvalue weighted by Crippen LogP contribution is 2.36. The van der Waals surface area contributed by atoms with Gasteiger partial charge < -0.3 is 31.6 Å². The summed E-state index contributed by atoms with van der Waals surface area (Å²) in [6.07, 6.45) is 15.2. The maximum atomic E-state index is 11.4. The lowest BCUT2D eigenvalue weighted by molar-refractivity contribution is 0.100. The van der Waals surface area contributed by atoms with Gasteiger partial charge in [-0.25, -0.2) is 24.9 Å². The lowest BCUT2D eigenvalue weighted by atomic mass is 10.2. The summed E-state index contributed by atoms with van der Waals surface area (Å²) in [6, 6.07) is 26.2. The lowest BCUT2D eigenvalue weighted by Gasteiger charge is -2.08. The number of halogens is 1. The first-order chi connectivity index (χ1) is 34.2. The monoisotopic (exact) mass is 1160 g/mol. The van der Waals surface area contributed by atoms with Crippen LogP contribution >= 0.6 is 56.6 Å². The zero-order chi connectivity index (χ0) is 50.7. The molecule has 25 heteroatoms. The van der Waals surface area contributed by atoms with Crippen LogP contribution < -0.4 is 31.6 Å². The lowest BCUT2D eigenvalue weighted by Crippen LogP contribution is -2.11. The SMILES string of the molecule is C.COc1ccc(CNc2ncc(C#N)c3sc(-n4ccnc4)cc23)cc1.COc1ccc(CNc2ncc(C#N)c3sc(I)cc23)cc1.NC(=O)c1cnc(N)c2cc(-n3ccnc3)sc12.O=S(=O)(O)O. The molecule has 0 unspecified atom stereocenters. The van der Waals surface area contributed by atoms with Crippen LogP contribution in [0.2, 0.25) is 0 Å². The minimum Gasteiger partial charge on any atom is -0.497 e. The second-order valence-electron chi connectivity index (χ2n) is 14.4. The van der Waals surface area contributed by atoms with Crippen LogP contribution in [-0.2, 0) is 23.5 Å². The van der Waals surface area contributed by atoms with Gasteiger partial charge in [0.2, 0.25) is 0 Å². The van der Waals surface area contributed by atoms with Gasteiger partial charge in [0.15, 0.2) is 0 Å². The fourth-order valence-corrected chi connectivity index (χ4v) is 10.6. The minimum atomic E-state index is -4.67. The summed E-state index contributed by atoms with van der Waals surface area (Å²) in [7, 11) is -1.36. The van der Waals surface area contributed by atoms with Crippen LogP contribution in [-0.4, -0.2) is 71.7 Å². The maximum Gasteiger partial charge on any atom is 0.394 e. The van der Waals surface area contributed by atoms with Crippen LogP contribution in [0.15, 0.2) is 123 Å². The van der Waals surface area contributed by atoms with Crippen molar-refractivity contribution in [1.82, 2.24) is 34.1 Å². The third-order valence-electron chi connectivity index (χ3n) is 9.90. The first-order valence-electron chi connectivity index (χ1n) is 20.3. The van der Waals surface area contributed by atoms with Crippen molar-refractivity contribution in [2.75, 3.05) is 30.6 Å². The number of anilines is 3. The van der Waals surface area contributed by atoms with E-state index in [-0.39, 0.29) is 7.43 Å². The number of aromatic nitrogens is 7. The topological polar surface area (TPSA) is 308 Å². The predicted octanol–water partition coefficient (Wildman–Crippen LogP) is 9.51. The van der Waals surface area contributed by atoms with Crippen molar-refractivity contribution >= 4 is 121 Å². The zero-order valence-electron chi connectivity index (χ0n) is 37.1. The van der Waals surface area contributed by atoms with Crippen LogP contribution in [0.3, 0.4) is 0 Å². The normalized spacial score (nSPS) is 10.5. The molecule has 20 nitrogen and oxygen atoms in total. The number of nitrogens with two attached hydrogens (primary N) is 2. The highest BCUT2D eigenvalue weighted by molar-refractivity contribution is 14.1. The molecule has 0 aliphatic carbocycles. The number of amides is 1. The maximum absolute atomic E-state index is 11.4. The molecule has 0 spiro atoms. The molecule has 368 valence electrons. The van der Waals surface area contributed by atoms with E-state index in [0.717, 1.165) is 77.4 Å². The molecule has 8 aromatic heterocycles. The Hall–Kier alpha value is -7.76. The van der Waals surface area contributed by atoms with Gasteiger partial charge in [0, 0.05) is 72.6 Å². The number of carbonyl (C=O) groups excluding carboxylic acids is 1.